The van der Waals surface area contributed by atoms with Gasteiger partial charge in [0.1, 0.15) is 0 Å². The van der Waals surface area contributed by atoms with Crippen LogP contribution in [0.2, 0.25) is 5.02 Å². The molecule has 3 aromatic rings. The van der Waals surface area contributed by atoms with Crippen LogP contribution in [0.15, 0.2) is 41.3 Å². The third-order valence-corrected chi connectivity index (χ3v) is 6.00. The maximum Gasteiger partial charge on any atom is 0.327 e. The number of non-ortho nitro benzene ring substituents is 1. The monoisotopic (exact) mass is 454 g/mol. The number of sulfone groups is 1. The fraction of sp³-hybridized carbons (Fsp3) is 0.0625. The molecule has 1 aromatic heterocycles. The lowest BCUT2D eigenvalue weighted by atomic mass is 10.2. The number of urea groups is 1. The lowest BCUT2D eigenvalue weighted by Crippen LogP contribution is -2.34. The van der Waals surface area contributed by atoms with E-state index in [0.29, 0.717) is 10.2 Å². The fourth-order valence-electron chi connectivity index (χ4n) is 2.29. The van der Waals surface area contributed by atoms with Gasteiger partial charge in [0.15, 0.2) is 15.0 Å². The summed E-state index contributed by atoms with van der Waals surface area (Å²) in [6, 6.07) is 6.68. The van der Waals surface area contributed by atoms with Crippen LogP contribution in [-0.4, -0.2) is 36.5 Å². The van der Waals surface area contributed by atoms with Gasteiger partial charge >= 0.3 is 6.03 Å². The van der Waals surface area contributed by atoms with Crippen LogP contribution < -0.4 is 10.6 Å². The van der Waals surface area contributed by atoms with Crippen molar-refractivity contribution in [1.82, 2.24) is 10.3 Å². The van der Waals surface area contributed by atoms with Crippen LogP contribution in [0.4, 0.5) is 15.6 Å². The summed E-state index contributed by atoms with van der Waals surface area (Å²) < 4.78 is 23.8. The van der Waals surface area contributed by atoms with E-state index < -0.39 is 26.7 Å². The summed E-state index contributed by atoms with van der Waals surface area (Å²) in [7, 11) is -3.39. The standard InChI is InChI=1S/C16H11ClN4O6S2/c1-29(26,27)9-3-5-12-13(7-9)28-16(18-12)20-15(23)19-14(22)10-4-2-8(21(24)25)6-11(10)17/h2-7H,1H3,(H2,18,19,20,22,23). The van der Waals surface area contributed by atoms with Crippen LogP contribution in [0, 0.1) is 10.1 Å². The molecule has 0 aliphatic carbocycles. The van der Waals surface area contributed by atoms with Gasteiger partial charge < -0.3 is 0 Å². The molecule has 0 unspecified atom stereocenters. The zero-order chi connectivity index (χ0) is 21.3. The number of carbonyl (C=O) groups is 2. The predicted octanol–water partition coefficient (Wildman–Crippen LogP) is 3.22. The predicted molar refractivity (Wildman–Crippen MR) is 107 cm³/mol. The van der Waals surface area contributed by atoms with Crippen LogP contribution in [-0.2, 0) is 9.84 Å². The number of amides is 3. The SMILES string of the molecule is CS(=O)(=O)c1ccc2nc(NC(=O)NC(=O)c3ccc([N+](=O)[O-])cc3Cl)sc2c1. The van der Waals surface area contributed by atoms with Gasteiger partial charge in [0, 0.05) is 18.4 Å². The molecule has 3 rings (SSSR count). The number of imide groups is 1. The highest BCUT2D eigenvalue weighted by Crippen LogP contribution is 2.28. The number of carbonyl (C=O) groups excluding carboxylic acids is 2. The molecule has 10 nitrogen and oxygen atoms in total. The molecule has 0 saturated heterocycles. The third-order valence-electron chi connectivity index (χ3n) is 3.64. The molecule has 0 atom stereocenters. The molecule has 0 radical (unpaired) electrons. The molecule has 13 heteroatoms. The van der Waals surface area contributed by atoms with Crippen molar-refractivity contribution in [3.63, 3.8) is 0 Å². The first-order valence-electron chi connectivity index (χ1n) is 7.71. The number of hydrogen-bond donors (Lipinski definition) is 2. The first-order chi connectivity index (χ1) is 13.5. The minimum atomic E-state index is -3.39. The number of thiazole rings is 1. The second-order valence-corrected chi connectivity index (χ2v) is 9.20. The Labute approximate surface area is 172 Å². The lowest BCUT2D eigenvalue weighted by molar-refractivity contribution is -0.384. The average molecular weight is 455 g/mol. The molecular formula is C16H11ClN4O6S2. The van der Waals surface area contributed by atoms with E-state index in [1.54, 1.807) is 0 Å². The minimum absolute atomic E-state index is 0.116. The summed E-state index contributed by atoms with van der Waals surface area (Å²) in [5, 5.41) is 15.1. The van der Waals surface area contributed by atoms with Gasteiger partial charge in [-0.15, -0.1) is 0 Å². The second kappa shape index (κ2) is 7.73. The van der Waals surface area contributed by atoms with E-state index in [1.807, 2.05) is 5.32 Å². The fourth-order valence-corrected chi connectivity index (χ4v) is 4.17. The number of halogens is 1. The van der Waals surface area contributed by atoms with E-state index in [1.165, 1.54) is 18.2 Å². The molecular weight excluding hydrogens is 444 g/mol. The van der Waals surface area contributed by atoms with Crippen LogP contribution in [0.25, 0.3) is 10.2 Å². The topological polar surface area (TPSA) is 148 Å². The smallest absolute Gasteiger partial charge is 0.283 e. The van der Waals surface area contributed by atoms with E-state index in [4.69, 9.17) is 11.6 Å². The van der Waals surface area contributed by atoms with Gasteiger partial charge in [-0.2, -0.15) is 0 Å². The van der Waals surface area contributed by atoms with Crippen LogP contribution >= 0.6 is 22.9 Å². The number of hydrogen-bond acceptors (Lipinski definition) is 8. The Balaban J connectivity index is 1.73. The maximum atomic E-state index is 12.2. The summed E-state index contributed by atoms with van der Waals surface area (Å²) >= 11 is 6.89. The zero-order valence-corrected chi connectivity index (χ0v) is 16.9. The number of nitro groups is 1. The number of nitrogens with one attached hydrogen (secondary N) is 2. The number of benzene rings is 2. The van der Waals surface area contributed by atoms with Crippen molar-refractivity contribution in [2.24, 2.45) is 0 Å². The number of fused-ring (bicyclic) bond motifs is 1. The van der Waals surface area contributed by atoms with Crippen molar-refractivity contribution >= 4 is 65.7 Å². The highest BCUT2D eigenvalue weighted by molar-refractivity contribution is 7.90. The number of nitrogens with zero attached hydrogens (tertiary/aromatic N) is 2. The summed E-state index contributed by atoms with van der Waals surface area (Å²) in [5.74, 6) is -0.858. The summed E-state index contributed by atoms with van der Waals surface area (Å²) in [4.78, 5) is 38.5. The molecule has 0 saturated carbocycles. The second-order valence-electron chi connectivity index (χ2n) is 5.75. The number of rotatable bonds is 4. The highest BCUT2D eigenvalue weighted by atomic mass is 35.5. The Morgan fingerprint density at radius 2 is 1.93 bits per heavy atom. The van der Waals surface area contributed by atoms with Crippen molar-refractivity contribution in [2.75, 3.05) is 11.6 Å². The molecule has 2 N–H and O–H groups in total. The Morgan fingerprint density at radius 1 is 1.21 bits per heavy atom. The van der Waals surface area contributed by atoms with Crippen molar-refractivity contribution < 1.29 is 22.9 Å². The van der Waals surface area contributed by atoms with Gasteiger partial charge in [0.2, 0.25) is 0 Å². The Bertz CT molecular complexity index is 1270. The largest absolute Gasteiger partial charge is 0.327 e. The van der Waals surface area contributed by atoms with E-state index in [-0.39, 0.29) is 26.3 Å². The molecule has 0 fully saturated rings. The number of aromatic nitrogens is 1. The minimum Gasteiger partial charge on any atom is -0.283 e. The normalized spacial score (nSPS) is 11.2. The number of anilines is 1. The van der Waals surface area contributed by atoms with Gasteiger partial charge in [-0.1, -0.05) is 22.9 Å². The van der Waals surface area contributed by atoms with Crippen LogP contribution in [0.3, 0.4) is 0 Å². The van der Waals surface area contributed by atoms with Gasteiger partial charge in [-0.25, -0.2) is 18.2 Å². The first kappa shape index (κ1) is 20.6. The van der Waals surface area contributed by atoms with E-state index >= 15 is 0 Å². The molecule has 2 aromatic carbocycles. The third kappa shape index (κ3) is 4.67. The van der Waals surface area contributed by atoms with Crippen molar-refractivity contribution in [3.8, 4) is 0 Å². The molecule has 150 valence electrons. The average Bonchev–Trinajstić information content (AvgIpc) is 3.01. The quantitative estimate of drug-likeness (QED) is 0.454. The molecule has 0 bridgehead atoms. The molecule has 29 heavy (non-hydrogen) atoms. The van der Waals surface area contributed by atoms with E-state index in [0.717, 1.165) is 35.8 Å². The first-order valence-corrected chi connectivity index (χ1v) is 10.8. The molecule has 0 aliphatic rings. The molecule has 1 heterocycles. The van der Waals surface area contributed by atoms with Gasteiger partial charge in [0.25, 0.3) is 11.6 Å². The summed E-state index contributed by atoms with van der Waals surface area (Å²) in [6.07, 6.45) is 1.08. The zero-order valence-electron chi connectivity index (χ0n) is 14.5. The Morgan fingerprint density at radius 3 is 2.55 bits per heavy atom. The van der Waals surface area contributed by atoms with Gasteiger partial charge in [0.05, 0.1) is 30.6 Å². The molecule has 0 spiro atoms. The van der Waals surface area contributed by atoms with Crippen molar-refractivity contribution in [2.45, 2.75) is 4.90 Å². The Kier molecular flexibility index (Phi) is 5.50. The van der Waals surface area contributed by atoms with E-state index in [9.17, 15) is 28.1 Å². The maximum absolute atomic E-state index is 12.2. The van der Waals surface area contributed by atoms with Crippen LogP contribution in [0.5, 0.6) is 0 Å². The van der Waals surface area contributed by atoms with Crippen molar-refractivity contribution in [1.29, 1.82) is 0 Å². The Hall–Kier alpha value is -3.09. The highest BCUT2D eigenvalue weighted by Gasteiger charge is 2.18. The number of nitro benzene ring substituents is 1. The van der Waals surface area contributed by atoms with Crippen LogP contribution in [0.1, 0.15) is 10.4 Å². The van der Waals surface area contributed by atoms with Crippen molar-refractivity contribution in [3.05, 3.63) is 57.1 Å². The van der Waals surface area contributed by atoms with E-state index in [2.05, 4.69) is 10.3 Å². The van der Waals surface area contributed by atoms with Gasteiger partial charge in [-0.05, 0) is 24.3 Å². The van der Waals surface area contributed by atoms with Gasteiger partial charge in [-0.3, -0.25) is 25.5 Å². The molecule has 0 aliphatic heterocycles. The molecule has 3 amide bonds. The summed E-state index contributed by atoms with van der Waals surface area (Å²) in [5.41, 5.74) is 0.0656. The lowest BCUT2D eigenvalue weighted by Gasteiger charge is -2.05. The summed E-state index contributed by atoms with van der Waals surface area (Å²) in [6.45, 7) is 0.